The fraction of sp³-hybridized carbons (Fsp3) is 0.429. The number of aryl methyl sites for hydroxylation is 1. The van der Waals surface area contributed by atoms with Gasteiger partial charge in [0.15, 0.2) is 0 Å². The second-order valence-corrected chi connectivity index (χ2v) is 5.09. The van der Waals surface area contributed by atoms with E-state index in [1.54, 1.807) is 23.7 Å². The lowest BCUT2D eigenvalue weighted by atomic mass is 10.1. The first-order valence-electron chi connectivity index (χ1n) is 6.40. The van der Waals surface area contributed by atoms with Crippen LogP contribution in [0.1, 0.15) is 37.1 Å². The van der Waals surface area contributed by atoms with Crippen LogP contribution in [0.3, 0.4) is 0 Å². The van der Waals surface area contributed by atoms with Gasteiger partial charge < -0.3 is 5.32 Å². The molecule has 0 radical (unpaired) electrons. The van der Waals surface area contributed by atoms with Crippen LogP contribution in [0.15, 0.2) is 35.4 Å². The number of hydrogen-bond donors (Lipinski definition) is 1. The lowest BCUT2D eigenvalue weighted by Gasteiger charge is -2.17. The van der Waals surface area contributed by atoms with Crippen LogP contribution in [0.5, 0.6) is 0 Å². The number of nitrogens with zero attached hydrogens (tertiary/aromatic N) is 2. The van der Waals surface area contributed by atoms with Crippen molar-refractivity contribution in [2.24, 2.45) is 0 Å². The van der Waals surface area contributed by atoms with Crippen molar-refractivity contribution >= 4 is 11.3 Å². The zero-order chi connectivity index (χ0) is 12.6. The van der Waals surface area contributed by atoms with E-state index in [2.05, 4.69) is 39.0 Å². The maximum Gasteiger partial charge on any atom is 0.0756 e. The van der Waals surface area contributed by atoms with E-state index in [-0.39, 0.29) is 0 Å². The van der Waals surface area contributed by atoms with Crippen molar-refractivity contribution in [3.8, 4) is 0 Å². The Bertz CT molecular complexity index is 428. The molecule has 96 valence electrons. The minimum atomic E-state index is 0.304. The minimum Gasteiger partial charge on any atom is -0.309 e. The monoisotopic (exact) mass is 261 g/mol. The fourth-order valence-corrected chi connectivity index (χ4v) is 2.61. The predicted octanol–water partition coefficient (Wildman–Crippen LogP) is 3.21. The summed E-state index contributed by atoms with van der Waals surface area (Å²) in [5.41, 5.74) is 2.45. The quantitative estimate of drug-likeness (QED) is 0.831. The summed E-state index contributed by atoms with van der Waals surface area (Å²) in [7, 11) is 0. The highest BCUT2D eigenvalue weighted by molar-refractivity contribution is 7.07. The van der Waals surface area contributed by atoms with Gasteiger partial charge in [0, 0.05) is 18.6 Å². The molecule has 0 spiro atoms. The number of hydrogen-bond acceptors (Lipinski definition) is 4. The molecule has 1 atom stereocenters. The normalized spacial score (nSPS) is 12.5. The Morgan fingerprint density at radius 2 is 2.33 bits per heavy atom. The molecule has 0 fully saturated rings. The van der Waals surface area contributed by atoms with Crippen LogP contribution in [-0.2, 0) is 6.42 Å². The molecule has 2 heterocycles. The van der Waals surface area contributed by atoms with Gasteiger partial charge in [-0.3, -0.25) is 9.97 Å². The van der Waals surface area contributed by atoms with E-state index in [9.17, 15) is 0 Å². The van der Waals surface area contributed by atoms with E-state index >= 15 is 0 Å². The van der Waals surface area contributed by atoms with Gasteiger partial charge in [-0.05, 0) is 48.2 Å². The summed E-state index contributed by atoms with van der Waals surface area (Å²) in [6.07, 6.45) is 8.63. The molecule has 0 aliphatic rings. The molecular weight excluding hydrogens is 242 g/mol. The molecule has 18 heavy (non-hydrogen) atoms. The van der Waals surface area contributed by atoms with Crippen LogP contribution >= 0.6 is 11.3 Å². The van der Waals surface area contributed by atoms with Gasteiger partial charge >= 0.3 is 0 Å². The van der Waals surface area contributed by atoms with Crippen molar-refractivity contribution in [3.05, 3.63) is 46.7 Å². The van der Waals surface area contributed by atoms with E-state index in [0.29, 0.717) is 6.04 Å². The Hall–Kier alpha value is -1.26. The molecule has 0 saturated heterocycles. The van der Waals surface area contributed by atoms with E-state index < -0.39 is 0 Å². The van der Waals surface area contributed by atoms with Gasteiger partial charge in [0.05, 0.1) is 11.7 Å². The van der Waals surface area contributed by atoms with Crippen molar-refractivity contribution in [2.45, 2.75) is 32.2 Å². The summed E-state index contributed by atoms with van der Waals surface area (Å²) in [5, 5.41) is 7.90. The molecule has 0 aromatic carbocycles. The van der Waals surface area contributed by atoms with Crippen molar-refractivity contribution in [3.63, 3.8) is 0 Å². The number of thiophene rings is 1. The molecule has 0 saturated carbocycles. The van der Waals surface area contributed by atoms with Crippen LogP contribution in [-0.4, -0.2) is 16.5 Å². The van der Waals surface area contributed by atoms with Crippen molar-refractivity contribution in [2.75, 3.05) is 6.54 Å². The zero-order valence-electron chi connectivity index (χ0n) is 10.7. The molecule has 4 heteroatoms. The van der Waals surface area contributed by atoms with Crippen molar-refractivity contribution in [1.29, 1.82) is 0 Å². The minimum absolute atomic E-state index is 0.304. The Kier molecular flexibility index (Phi) is 5.30. The van der Waals surface area contributed by atoms with Gasteiger partial charge in [-0.2, -0.15) is 11.3 Å². The topological polar surface area (TPSA) is 37.8 Å². The van der Waals surface area contributed by atoms with Gasteiger partial charge in [0.2, 0.25) is 0 Å². The van der Waals surface area contributed by atoms with Crippen molar-refractivity contribution in [1.82, 2.24) is 15.3 Å². The van der Waals surface area contributed by atoms with Crippen molar-refractivity contribution < 1.29 is 0 Å². The van der Waals surface area contributed by atoms with Crippen LogP contribution in [0, 0.1) is 0 Å². The maximum atomic E-state index is 4.41. The highest BCUT2D eigenvalue weighted by Gasteiger charge is 2.12. The largest absolute Gasteiger partial charge is 0.309 e. The Balaban J connectivity index is 1.96. The van der Waals surface area contributed by atoms with Crippen LogP contribution in [0.2, 0.25) is 0 Å². The third-order valence-corrected chi connectivity index (χ3v) is 3.61. The predicted molar refractivity (Wildman–Crippen MR) is 75.7 cm³/mol. The Morgan fingerprint density at radius 1 is 1.39 bits per heavy atom. The second-order valence-electron chi connectivity index (χ2n) is 4.31. The molecule has 0 bridgehead atoms. The zero-order valence-corrected chi connectivity index (χ0v) is 11.5. The number of rotatable bonds is 7. The molecule has 3 nitrogen and oxygen atoms in total. The van der Waals surface area contributed by atoms with E-state index in [0.717, 1.165) is 31.5 Å². The summed E-state index contributed by atoms with van der Waals surface area (Å²) in [5.74, 6) is 0. The van der Waals surface area contributed by atoms with E-state index in [1.807, 2.05) is 6.20 Å². The Morgan fingerprint density at radius 3 is 3.00 bits per heavy atom. The molecule has 1 unspecified atom stereocenters. The molecular formula is C14H19N3S. The van der Waals surface area contributed by atoms with Gasteiger partial charge in [0.1, 0.15) is 0 Å². The van der Waals surface area contributed by atoms with Crippen LogP contribution in [0.4, 0.5) is 0 Å². The SMILES string of the molecule is CCCNC(CCc1ccsc1)c1cnccn1. The maximum absolute atomic E-state index is 4.41. The van der Waals surface area contributed by atoms with Gasteiger partial charge in [-0.25, -0.2) is 0 Å². The van der Waals surface area contributed by atoms with Gasteiger partial charge in [-0.1, -0.05) is 6.92 Å². The lowest BCUT2D eigenvalue weighted by Crippen LogP contribution is -2.23. The van der Waals surface area contributed by atoms with Crippen LogP contribution < -0.4 is 5.32 Å². The van der Waals surface area contributed by atoms with Crippen LogP contribution in [0.25, 0.3) is 0 Å². The average Bonchev–Trinajstić information content (AvgIpc) is 2.93. The second kappa shape index (κ2) is 7.24. The first-order valence-corrected chi connectivity index (χ1v) is 7.34. The highest BCUT2D eigenvalue weighted by Crippen LogP contribution is 2.18. The third kappa shape index (κ3) is 3.89. The fourth-order valence-electron chi connectivity index (χ4n) is 1.91. The number of aromatic nitrogens is 2. The third-order valence-electron chi connectivity index (χ3n) is 2.88. The number of nitrogens with one attached hydrogen (secondary N) is 1. The summed E-state index contributed by atoms with van der Waals surface area (Å²) in [6, 6.07) is 2.50. The summed E-state index contributed by atoms with van der Waals surface area (Å²) >= 11 is 1.76. The molecule has 2 rings (SSSR count). The molecule has 0 aliphatic carbocycles. The van der Waals surface area contributed by atoms with Gasteiger partial charge in [-0.15, -0.1) is 0 Å². The van der Waals surface area contributed by atoms with E-state index in [1.165, 1.54) is 5.56 Å². The molecule has 2 aromatic rings. The summed E-state index contributed by atoms with van der Waals surface area (Å²) in [6.45, 7) is 3.20. The summed E-state index contributed by atoms with van der Waals surface area (Å²) in [4.78, 5) is 8.57. The average molecular weight is 261 g/mol. The first-order chi connectivity index (χ1) is 8.90. The summed E-state index contributed by atoms with van der Waals surface area (Å²) < 4.78 is 0. The first kappa shape index (κ1) is 13.2. The Labute approximate surface area is 112 Å². The lowest BCUT2D eigenvalue weighted by molar-refractivity contribution is 0.487. The molecule has 0 aliphatic heterocycles. The molecule has 0 amide bonds. The highest BCUT2D eigenvalue weighted by atomic mass is 32.1. The van der Waals surface area contributed by atoms with E-state index in [4.69, 9.17) is 0 Å². The standard InChI is InChI=1S/C14H19N3S/c1-2-6-16-13(14-10-15-7-8-17-14)4-3-12-5-9-18-11-12/h5,7-11,13,16H,2-4,6H2,1H3. The molecule has 2 aromatic heterocycles. The molecule has 1 N–H and O–H groups in total. The smallest absolute Gasteiger partial charge is 0.0756 e. The van der Waals surface area contributed by atoms with Gasteiger partial charge in [0.25, 0.3) is 0 Å².